The van der Waals surface area contributed by atoms with Crippen LogP contribution in [0, 0.1) is 11.8 Å². The highest BCUT2D eigenvalue weighted by Crippen LogP contribution is 2.50. The third-order valence-corrected chi connectivity index (χ3v) is 7.29. The maximum Gasteiger partial charge on any atom is 0.291 e. The van der Waals surface area contributed by atoms with Crippen molar-refractivity contribution in [3.05, 3.63) is 28.8 Å². The lowest BCUT2D eigenvalue weighted by Gasteiger charge is -2.26. The van der Waals surface area contributed by atoms with Crippen LogP contribution in [0.15, 0.2) is 18.2 Å². The number of halogens is 1. The summed E-state index contributed by atoms with van der Waals surface area (Å²) in [5.74, 6) is -0.840. The third kappa shape index (κ3) is 2.63. The number of likely N-dealkylation sites (tertiary alicyclic amines) is 1. The van der Waals surface area contributed by atoms with Crippen molar-refractivity contribution in [2.45, 2.75) is 37.8 Å². The molecule has 3 N–H and O–H groups in total. The molecule has 3 aliphatic heterocycles. The summed E-state index contributed by atoms with van der Waals surface area (Å²) in [7, 11) is 0. The lowest BCUT2D eigenvalue weighted by Crippen LogP contribution is -2.99. The van der Waals surface area contributed by atoms with Gasteiger partial charge in [-0.1, -0.05) is 31.0 Å². The largest absolute Gasteiger partial charge is 0.326 e. The number of thioether (sulfide) groups is 1. The van der Waals surface area contributed by atoms with Gasteiger partial charge in [0, 0.05) is 18.5 Å². The van der Waals surface area contributed by atoms with Gasteiger partial charge in [0.2, 0.25) is 17.4 Å². The zero-order chi connectivity index (χ0) is 20.1. The number of nitrogens with two attached hydrogens (primary N) is 1. The summed E-state index contributed by atoms with van der Waals surface area (Å²) in [5.41, 5.74) is 0.189. The van der Waals surface area contributed by atoms with Crippen LogP contribution >= 0.6 is 23.4 Å². The highest BCUT2D eigenvalue weighted by Gasteiger charge is 2.74. The van der Waals surface area contributed by atoms with Gasteiger partial charge in [0.05, 0.1) is 10.7 Å². The minimum absolute atomic E-state index is 0.101. The average molecular weight is 423 g/mol. The van der Waals surface area contributed by atoms with Crippen molar-refractivity contribution in [1.29, 1.82) is 0 Å². The van der Waals surface area contributed by atoms with Crippen LogP contribution in [0.1, 0.15) is 31.7 Å². The zero-order valence-electron chi connectivity index (χ0n) is 16.0. The van der Waals surface area contributed by atoms with E-state index in [1.54, 1.807) is 23.9 Å². The van der Waals surface area contributed by atoms with Crippen molar-refractivity contribution in [3.8, 4) is 0 Å². The number of unbranched alkanes of at least 4 members (excludes halogenated alkanes) is 1. The summed E-state index contributed by atoms with van der Waals surface area (Å²) in [6, 6.07) is 5.29. The molecule has 3 aliphatic rings. The molecule has 3 amide bonds. The molecule has 8 heteroatoms. The molecule has 150 valence electrons. The molecule has 6 nitrogen and oxygen atoms in total. The van der Waals surface area contributed by atoms with E-state index in [1.807, 2.05) is 24.6 Å². The Bertz CT molecular complexity index is 848. The van der Waals surface area contributed by atoms with Crippen molar-refractivity contribution in [2.75, 3.05) is 23.9 Å². The van der Waals surface area contributed by atoms with Gasteiger partial charge >= 0.3 is 0 Å². The number of amides is 3. The first-order valence-electron chi connectivity index (χ1n) is 9.78. The smallest absolute Gasteiger partial charge is 0.291 e. The first kappa shape index (κ1) is 19.7. The van der Waals surface area contributed by atoms with Gasteiger partial charge in [0.15, 0.2) is 0 Å². The molecule has 0 aromatic heterocycles. The minimum Gasteiger partial charge on any atom is -0.326 e. The molecule has 2 fully saturated rings. The van der Waals surface area contributed by atoms with E-state index in [2.05, 4.69) is 5.32 Å². The molecule has 0 aliphatic carbocycles. The van der Waals surface area contributed by atoms with Crippen molar-refractivity contribution in [1.82, 2.24) is 4.90 Å². The Balaban J connectivity index is 1.82. The SMILES string of the molecule is CCCCN1C(=O)[C@H]2[C@@H](C1=O)[C@]1([NH2+][C@@H]2CCSC)C(=O)Nc2c(Cl)cccc21. The number of anilines is 1. The second-order valence-electron chi connectivity index (χ2n) is 7.78. The number of carbonyl (C=O) groups excluding carboxylic acids is 3. The third-order valence-electron chi connectivity index (χ3n) is 6.34. The van der Waals surface area contributed by atoms with Gasteiger partial charge in [-0.05, 0) is 30.6 Å². The number of fused-ring (bicyclic) bond motifs is 4. The van der Waals surface area contributed by atoms with Crippen LogP contribution in [0.3, 0.4) is 0 Å². The second-order valence-corrected chi connectivity index (χ2v) is 9.18. The molecule has 2 saturated heterocycles. The van der Waals surface area contributed by atoms with E-state index in [1.165, 1.54) is 4.90 Å². The number of rotatable bonds is 6. The van der Waals surface area contributed by atoms with Gasteiger partial charge in [0.25, 0.3) is 5.91 Å². The highest BCUT2D eigenvalue weighted by molar-refractivity contribution is 7.98. The maximum absolute atomic E-state index is 13.4. The van der Waals surface area contributed by atoms with Crippen LogP contribution < -0.4 is 10.6 Å². The predicted molar refractivity (Wildman–Crippen MR) is 109 cm³/mol. The van der Waals surface area contributed by atoms with Crippen LogP contribution in [0.25, 0.3) is 0 Å². The fourth-order valence-electron chi connectivity index (χ4n) is 5.07. The number of benzene rings is 1. The van der Waals surface area contributed by atoms with Crippen molar-refractivity contribution in [2.24, 2.45) is 11.8 Å². The molecule has 1 spiro atoms. The molecule has 0 saturated carbocycles. The number of imide groups is 1. The first-order chi connectivity index (χ1) is 13.5. The predicted octanol–water partition coefficient (Wildman–Crippen LogP) is 1.59. The Morgan fingerprint density at radius 3 is 2.79 bits per heavy atom. The van der Waals surface area contributed by atoms with E-state index in [0.717, 1.165) is 30.6 Å². The Morgan fingerprint density at radius 1 is 1.29 bits per heavy atom. The molecule has 1 aromatic carbocycles. The Labute approximate surface area is 173 Å². The molecule has 0 radical (unpaired) electrons. The molecule has 0 unspecified atom stereocenters. The zero-order valence-corrected chi connectivity index (χ0v) is 17.6. The molecular formula is C20H25ClN3O3S+. The van der Waals surface area contributed by atoms with Crippen molar-refractivity contribution < 1.29 is 19.7 Å². The lowest BCUT2D eigenvalue weighted by atomic mass is 9.76. The Morgan fingerprint density at radius 2 is 2.07 bits per heavy atom. The minimum atomic E-state index is -1.11. The van der Waals surface area contributed by atoms with E-state index < -0.39 is 17.4 Å². The van der Waals surface area contributed by atoms with Crippen LogP contribution in [0.4, 0.5) is 5.69 Å². The van der Waals surface area contributed by atoms with Gasteiger partial charge in [-0.3, -0.25) is 19.3 Å². The number of hydrogen-bond acceptors (Lipinski definition) is 4. The van der Waals surface area contributed by atoms with E-state index in [9.17, 15) is 14.4 Å². The number of carbonyl (C=O) groups is 3. The van der Waals surface area contributed by atoms with Gasteiger partial charge in [-0.25, -0.2) is 0 Å². The summed E-state index contributed by atoms with van der Waals surface area (Å²) in [6.07, 6.45) is 4.47. The van der Waals surface area contributed by atoms with Gasteiger partial charge in [-0.15, -0.1) is 0 Å². The van der Waals surface area contributed by atoms with Gasteiger partial charge in [0.1, 0.15) is 17.9 Å². The second kappa shape index (κ2) is 7.35. The number of hydrogen-bond donors (Lipinski definition) is 2. The summed E-state index contributed by atoms with van der Waals surface area (Å²) >= 11 is 8.04. The number of quaternary nitrogens is 1. The fourth-order valence-corrected chi connectivity index (χ4v) is 5.80. The topological polar surface area (TPSA) is 83.1 Å². The number of nitrogens with zero attached hydrogens (tertiary/aromatic N) is 1. The lowest BCUT2D eigenvalue weighted by molar-refractivity contribution is -0.733. The molecule has 4 rings (SSSR count). The van der Waals surface area contributed by atoms with E-state index >= 15 is 0 Å². The highest BCUT2D eigenvalue weighted by atomic mass is 35.5. The summed E-state index contributed by atoms with van der Waals surface area (Å²) in [6.45, 7) is 2.46. The van der Waals surface area contributed by atoms with Gasteiger partial charge in [-0.2, -0.15) is 11.8 Å². The van der Waals surface area contributed by atoms with Crippen LogP contribution in [0.2, 0.25) is 5.02 Å². The van der Waals surface area contributed by atoms with E-state index in [-0.39, 0.29) is 23.8 Å². The molecule has 3 heterocycles. The summed E-state index contributed by atoms with van der Waals surface area (Å²) in [4.78, 5) is 41.3. The quantitative estimate of drug-likeness (QED) is 0.682. The number of nitrogens with one attached hydrogen (secondary N) is 1. The monoisotopic (exact) mass is 422 g/mol. The van der Waals surface area contributed by atoms with Crippen LogP contribution in [-0.4, -0.2) is 47.2 Å². The van der Waals surface area contributed by atoms with Crippen molar-refractivity contribution in [3.63, 3.8) is 0 Å². The summed E-state index contributed by atoms with van der Waals surface area (Å²) < 4.78 is 0. The van der Waals surface area contributed by atoms with Crippen molar-refractivity contribution >= 4 is 46.8 Å². The first-order valence-corrected chi connectivity index (χ1v) is 11.5. The molecule has 4 atom stereocenters. The fraction of sp³-hybridized carbons (Fsp3) is 0.550. The maximum atomic E-state index is 13.4. The molecular weight excluding hydrogens is 398 g/mol. The molecule has 0 bridgehead atoms. The molecule has 28 heavy (non-hydrogen) atoms. The average Bonchev–Trinajstić information content (AvgIpc) is 3.25. The Hall–Kier alpha value is -1.57. The standard InChI is InChI=1S/C20H24ClN3O3S/c1-3-4-9-24-17(25)14-13(8-10-28-2)23-20(15(14)18(24)26)11-6-5-7-12(21)16(11)22-19(20)27/h5-7,13-15,23H,3-4,8-10H2,1-2H3,(H,22,27)/p+1/t13-,14-,15+,20+/m1/s1. The van der Waals surface area contributed by atoms with E-state index in [4.69, 9.17) is 11.6 Å². The van der Waals surface area contributed by atoms with Crippen LogP contribution in [0.5, 0.6) is 0 Å². The number of para-hydroxylation sites is 1. The van der Waals surface area contributed by atoms with Gasteiger partial charge < -0.3 is 10.6 Å². The van der Waals surface area contributed by atoms with E-state index in [0.29, 0.717) is 17.3 Å². The molecule has 1 aromatic rings. The Kier molecular flexibility index (Phi) is 5.18. The summed E-state index contributed by atoms with van der Waals surface area (Å²) in [5, 5.41) is 5.33. The van der Waals surface area contributed by atoms with Crippen LogP contribution in [-0.2, 0) is 19.9 Å². The normalized spacial score (nSPS) is 30.9.